The van der Waals surface area contributed by atoms with Gasteiger partial charge in [-0.3, -0.25) is 0 Å². The second-order valence-electron chi connectivity index (χ2n) is 15.3. The summed E-state index contributed by atoms with van der Waals surface area (Å²) in [6, 6.07) is 76.7. The lowest BCUT2D eigenvalue weighted by Crippen LogP contribution is -2.00. The molecule has 302 valence electrons. The van der Waals surface area contributed by atoms with Crippen LogP contribution in [0, 0.1) is 13.8 Å². The number of aromatic nitrogens is 4. The lowest BCUT2D eigenvalue weighted by Gasteiger charge is -2.16. The number of nitrogens with zero attached hydrogens (tertiary/aromatic N) is 4. The van der Waals surface area contributed by atoms with Gasteiger partial charge in [0.15, 0.2) is 0 Å². The molecule has 0 amide bonds. The molecule has 5 heteroatoms. The number of aryl methyl sites for hydroxylation is 2. The molecular weight excluding hydrogens is 833 g/mol. The second-order valence-corrected chi connectivity index (χ2v) is 16.2. The SMILES string of the molecule is Cc1ccc(-c2nc(-c3ccccc3)c(-c3ccccc3)nc2-c2ccc(Br)cc2)cc1.Cc1ccc(-c2nc(-c3ccccc3)c(-c3ccccc3)nc2-c2ccccc2)cc1. The van der Waals surface area contributed by atoms with Crippen LogP contribution in [0.1, 0.15) is 11.1 Å². The van der Waals surface area contributed by atoms with Gasteiger partial charge in [-0.05, 0) is 26.0 Å². The zero-order valence-corrected chi connectivity index (χ0v) is 36.6. The Morgan fingerprint density at radius 2 is 0.397 bits per heavy atom. The van der Waals surface area contributed by atoms with Crippen LogP contribution in [0.5, 0.6) is 0 Å². The van der Waals surface area contributed by atoms with Crippen molar-refractivity contribution in [1.82, 2.24) is 19.9 Å². The third kappa shape index (κ3) is 9.35. The Bertz CT molecular complexity index is 2960. The fourth-order valence-corrected chi connectivity index (χ4v) is 7.76. The first-order valence-electron chi connectivity index (χ1n) is 21.0. The Morgan fingerprint density at radius 1 is 0.222 bits per heavy atom. The van der Waals surface area contributed by atoms with Gasteiger partial charge in [-0.2, -0.15) is 0 Å². The van der Waals surface area contributed by atoms with Gasteiger partial charge in [-0.25, -0.2) is 19.9 Å². The molecule has 0 saturated heterocycles. The Morgan fingerprint density at radius 3 is 0.603 bits per heavy atom. The lowest BCUT2D eigenvalue weighted by atomic mass is 9.99. The Labute approximate surface area is 377 Å². The van der Waals surface area contributed by atoms with E-state index in [1.54, 1.807) is 0 Å². The molecule has 63 heavy (non-hydrogen) atoms. The van der Waals surface area contributed by atoms with Gasteiger partial charge in [-0.1, -0.05) is 239 Å². The minimum absolute atomic E-state index is 0.875. The standard InChI is InChI=1S/C29H21BrN2.C29H22N2/c1-20-12-14-23(15-13-20)28-29(24-16-18-25(30)19-17-24)32-27(22-10-6-3-7-11-22)26(31-28)21-8-4-2-5-9-21;1-21-17-19-25(20-18-21)29-28(24-15-9-4-10-16-24)30-26(22-11-5-2-6-12-22)27(31-29)23-13-7-3-8-14-23/h2-19H,1H3;2-20H,1H3. The van der Waals surface area contributed by atoms with E-state index < -0.39 is 0 Å². The lowest BCUT2D eigenvalue weighted by molar-refractivity contribution is 1.21. The van der Waals surface area contributed by atoms with Crippen molar-refractivity contribution in [2.75, 3.05) is 0 Å². The van der Waals surface area contributed by atoms with E-state index >= 15 is 0 Å². The molecule has 0 radical (unpaired) electrons. The predicted octanol–water partition coefficient (Wildman–Crippen LogP) is 15.7. The first kappa shape index (κ1) is 40.8. The Balaban J connectivity index is 0.000000160. The molecule has 0 fully saturated rings. The van der Waals surface area contributed by atoms with Gasteiger partial charge < -0.3 is 0 Å². The highest BCUT2D eigenvalue weighted by atomic mass is 79.9. The van der Waals surface area contributed by atoms with Gasteiger partial charge in [0.2, 0.25) is 0 Å². The molecule has 2 heterocycles. The monoisotopic (exact) mass is 874 g/mol. The molecule has 10 rings (SSSR count). The summed E-state index contributed by atoms with van der Waals surface area (Å²) >= 11 is 3.55. The van der Waals surface area contributed by atoms with Crippen molar-refractivity contribution in [1.29, 1.82) is 0 Å². The van der Waals surface area contributed by atoms with Crippen molar-refractivity contribution in [2.24, 2.45) is 0 Å². The second kappa shape index (κ2) is 19.0. The highest BCUT2D eigenvalue weighted by Gasteiger charge is 2.21. The molecule has 0 unspecified atom stereocenters. The number of hydrogen-bond donors (Lipinski definition) is 0. The smallest absolute Gasteiger partial charge is 0.0973 e. The molecule has 0 N–H and O–H groups in total. The molecule has 10 aromatic rings. The minimum Gasteiger partial charge on any atom is -0.243 e. The van der Waals surface area contributed by atoms with Crippen LogP contribution >= 0.6 is 15.9 Å². The summed E-state index contributed by atoms with van der Waals surface area (Å²) < 4.78 is 1.04. The highest BCUT2D eigenvalue weighted by molar-refractivity contribution is 9.10. The third-order valence-electron chi connectivity index (χ3n) is 10.8. The zero-order chi connectivity index (χ0) is 43.0. The molecule has 0 saturated carbocycles. The maximum absolute atomic E-state index is 5.24. The van der Waals surface area contributed by atoms with E-state index in [0.717, 1.165) is 94.5 Å². The van der Waals surface area contributed by atoms with Gasteiger partial charge in [0.1, 0.15) is 0 Å². The van der Waals surface area contributed by atoms with E-state index in [-0.39, 0.29) is 0 Å². The molecule has 8 aromatic carbocycles. The van der Waals surface area contributed by atoms with Gasteiger partial charge in [0, 0.05) is 49.0 Å². The van der Waals surface area contributed by atoms with E-state index in [1.165, 1.54) is 11.1 Å². The Kier molecular flexibility index (Phi) is 12.3. The van der Waals surface area contributed by atoms with Gasteiger partial charge in [0.25, 0.3) is 0 Å². The molecule has 0 atom stereocenters. The maximum atomic E-state index is 5.24. The van der Waals surface area contributed by atoms with Crippen LogP contribution < -0.4 is 0 Å². The van der Waals surface area contributed by atoms with Crippen LogP contribution in [0.25, 0.3) is 90.1 Å². The summed E-state index contributed by atoms with van der Waals surface area (Å²) in [5, 5.41) is 0. The third-order valence-corrected chi connectivity index (χ3v) is 11.3. The highest BCUT2D eigenvalue weighted by Crippen LogP contribution is 2.39. The van der Waals surface area contributed by atoms with Crippen LogP contribution in [-0.4, -0.2) is 19.9 Å². The van der Waals surface area contributed by atoms with Crippen molar-refractivity contribution in [3.63, 3.8) is 0 Å². The summed E-state index contributed by atoms with van der Waals surface area (Å²) in [5.74, 6) is 0. The maximum Gasteiger partial charge on any atom is 0.0973 e. The molecule has 0 bridgehead atoms. The van der Waals surface area contributed by atoms with Crippen molar-refractivity contribution >= 4 is 15.9 Å². The number of hydrogen-bond acceptors (Lipinski definition) is 4. The molecule has 2 aromatic heterocycles. The molecule has 4 nitrogen and oxygen atoms in total. The fraction of sp³-hybridized carbons (Fsp3) is 0.0345. The molecular formula is C58H43BrN4. The summed E-state index contributed by atoms with van der Waals surface area (Å²) in [4.78, 5) is 20.9. The van der Waals surface area contributed by atoms with Crippen LogP contribution in [-0.2, 0) is 0 Å². The van der Waals surface area contributed by atoms with Crippen molar-refractivity contribution in [3.05, 3.63) is 240 Å². The quantitative estimate of drug-likeness (QED) is 0.153. The van der Waals surface area contributed by atoms with Crippen LogP contribution in [0.3, 0.4) is 0 Å². The van der Waals surface area contributed by atoms with E-state index in [0.29, 0.717) is 0 Å². The average molecular weight is 876 g/mol. The number of benzene rings is 8. The molecule has 0 spiro atoms. The first-order chi connectivity index (χ1) is 31.0. The molecule has 0 aliphatic heterocycles. The van der Waals surface area contributed by atoms with Crippen molar-refractivity contribution in [3.8, 4) is 90.1 Å². The fourth-order valence-electron chi connectivity index (χ4n) is 7.49. The Hall–Kier alpha value is -7.60. The van der Waals surface area contributed by atoms with E-state index in [2.05, 4.69) is 151 Å². The van der Waals surface area contributed by atoms with E-state index in [9.17, 15) is 0 Å². The van der Waals surface area contributed by atoms with Crippen molar-refractivity contribution < 1.29 is 0 Å². The average Bonchev–Trinajstić information content (AvgIpc) is 3.35. The first-order valence-corrected chi connectivity index (χ1v) is 21.8. The zero-order valence-electron chi connectivity index (χ0n) is 35.0. The van der Waals surface area contributed by atoms with E-state index in [1.807, 2.05) is 103 Å². The van der Waals surface area contributed by atoms with Crippen LogP contribution in [0.2, 0.25) is 0 Å². The number of halogens is 1. The predicted molar refractivity (Wildman–Crippen MR) is 265 cm³/mol. The van der Waals surface area contributed by atoms with Crippen LogP contribution in [0.15, 0.2) is 229 Å². The van der Waals surface area contributed by atoms with Crippen LogP contribution in [0.4, 0.5) is 0 Å². The van der Waals surface area contributed by atoms with Gasteiger partial charge >= 0.3 is 0 Å². The normalized spacial score (nSPS) is 10.8. The van der Waals surface area contributed by atoms with Gasteiger partial charge in [0.05, 0.1) is 45.6 Å². The van der Waals surface area contributed by atoms with Crippen molar-refractivity contribution in [2.45, 2.75) is 13.8 Å². The number of rotatable bonds is 8. The molecule has 0 aliphatic rings. The minimum atomic E-state index is 0.875. The van der Waals surface area contributed by atoms with E-state index in [4.69, 9.17) is 19.9 Å². The largest absolute Gasteiger partial charge is 0.243 e. The topological polar surface area (TPSA) is 51.6 Å². The summed E-state index contributed by atoms with van der Waals surface area (Å²) in [7, 11) is 0. The summed E-state index contributed by atoms with van der Waals surface area (Å²) in [6.45, 7) is 4.19. The van der Waals surface area contributed by atoms with Gasteiger partial charge in [-0.15, -0.1) is 0 Å². The summed E-state index contributed by atoms with van der Waals surface area (Å²) in [5.41, 5.74) is 18.0. The molecule has 0 aliphatic carbocycles. The summed E-state index contributed by atoms with van der Waals surface area (Å²) in [6.07, 6.45) is 0.